The lowest BCUT2D eigenvalue weighted by molar-refractivity contribution is 0.342. The number of benzene rings is 2. The molecule has 3 heteroatoms. The van der Waals surface area contributed by atoms with Crippen LogP contribution in [0.15, 0.2) is 60.7 Å². The van der Waals surface area contributed by atoms with E-state index in [1.807, 2.05) is 43.3 Å². The van der Waals surface area contributed by atoms with Crippen molar-refractivity contribution in [1.29, 1.82) is 0 Å². The van der Waals surface area contributed by atoms with Crippen LogP contribution < -0.4 is 10.4 Å². The van der Waals surface area contributed by atoms with Crippen molar-refractivity contribution in [2.45, 2.75) is 6.92 Å². The lowest BCUT2D eigenvalue weighted by Gasteiger charge is -2.29. The van der Waals surface area contributed by atoms with Gasteiger partial charge < -0.3 is 4.43 Å². The normalized spacial score (nSPS) is 11.4. The molecule has 0 saturated heterocycles. The number of alkyl halides is 1. The van der Waals surface area contributed by atoms with E-state index < -0.39 is 8.32 Å². The molecule has 1 nitrogen and oxygen atoms in total. The Kier molecular flexibility index (Phi) is 4.58. The van der Waals surface area contributed by atoms with Gasteiger partial charge >= 0.3 is 0 Å². The average molecular weight is 277 g/mol. The average Bonchev–Trinajstić information content (AvgIpc) is 2.47. The highest BCUT2D eigenvalue weighted by Crippen LogP contribution is 2.10. The number of rotatable bonds is 5. The van der Waals surface area contributed by atoms with Gasteiger partial charge in [0.25, 0.3) is 8.32 Å². The molecule has 0 fully saturated rings. The van der Waals surface area contributed by atoms with Crippen LogP contribution in [0.1, 0.15) is 6.92 Å². The summed E-state index contributed by atoms with van der Waals surface area (Å²) < 4.78 is 6.16. The fourth-order valence-electron chi connectivity index (χ4n) is 2.19. The summed E-state index contributed by atoms with van der Waals surface area (Å²) in [4.78, 5) is 0. The van der Waals surface area contributed by atoms with E-state index in [9.17, 15) is 0 Å². The molecule has 0 saturated carbocycles. The highest BCUT2D eigenvalue weighted by Gasteiger charge is 2.38. The molecule has 2 aromatic rings. The summed E-state index contributed by atoms with van der Waals surface area (Å²) >= 11 is 6.31. The molecule has 0 spiro atoms. The number of hydrogen-bond donors (Lipinski definition) is 0. The molecule has 0 amide bonds. The fourth-order valence-corrected chi connectivity index (χ4v) is 6.35. The number of hydrogen-bond acceptors (Lipinski definition) is 1. The van der Waals surface area contributed by atoms with E-state index in [2.05, 4.69) is 24.3 Å². The molecule has 0 aliphatic rings. The second-order valence-electron chi connectivity index (χ2n) is 4.13. The van der Waals surface area contributed by atoms with Gasteiger partial charge in [0.15, 0.2) is 0 Å². The molecule has 0 radical (unpaired) electrons. The van der Waals surface area contributed by atoms with Gasteiger partial charge in [0.2, 0.25) is 0 Å². The Hall–Kier alpha value is -1.09. The minimum absolute atomic E-state index is 0.537. The van der Waals surface area contributed by atoms with Gasteiger partial charge in [0.1, 0.15) is 0 Å². The van der Waals surface area contributed by atoms with E-state index >= 15 is 0 Å². The van der Waals surface area contributed by atoms with Gasteiger partial charge in [-0.2, -0.15) is 0 Å². The minimum atomic E-state index is -2.26. The van der Waals surface area contributed by atoms with Crippen molar-refractivity contribution in [2.24, 2.45) is 0 Å². The fraction of sp³-hybridized carbons (Fsp3) is 0.200. The molecule has 0 N–H and O–H groups in total. The molecule has 0 aliphatic heterocycles. The molecule has 2 rings (SSSR count). The van der Waals surface area contributed by atoms with E-state index in [-0.39, 0.29) is 0 Å². The van der Waals surface area contributed by atoms with Crippen molar-refractivity contribution in [3.8, 4) is 0 Å². The summed E-state index contributed by atoms with van der Waals surface area (Å²) in [6.07, 6.45) is 0. The van der Waals surface area contributed by atoms with Crippen LogP contribution in [0, 0.1) is 0 Å². The Balaban J connectivity index is 2.53. The zero-order valence-electron chi connectivity index (χ0n) is 10.5. The minimum Gasteiger partial charge on any atom is -0.407 e. The van der Waals surface area contributed by atoms with Crippen molar-refractivity contribution in [2.75, 3.05) is 12.1 Å². The molecule has 94 valence electrons. The van der Waals surface area contributed by atoms with Crippen LogP contribution in [-0.2, 0) is 4.43 Å². The molecule has 0 atom stereocenters. The first-order valence-corrected chi connectivity index (χ1v) is 8.79. The summed E-state index contributed by atoms with van der Waals surface area (Å²) in [5.74, 6) is 0. The highest BCUT2D eigenvalue weighted by molar-refractivity contribution is 7.01. The Morgan fingerprint density at radius 2 is 1.33 bits per heavy atom. The molecule has 18 heavy (non-hydrogen) atoms. The zero-order valence-corrected chi connectivity index (χ0v) is 12.2. The van der Waals surface area contributed by atoms with Gasteiger partial charge in [-0.15, -0.1) is 11.6 Å². The Bertz CT molecular complexity index is 433. The second-order valence-corrected chi connectivity index (χ2v) is 8.29. The summed E-state index contributed by atoms with van der Waals surface area (Å²) in [6.45, 7) is 2.71. The van der Waals surface area contributed by atoms with Crippen LogP contribution in [0.25, 0.3) is 0 Å². The topological polar surface area (TPSA) is 9.23 Å². The lowest BCUT2D eigenvalue weighted by atomic mass is 10.4. The van der Waals surface area contributed by atoms with Crippen molar-refractivity contribution in [3.63, 3.8) is 0 Å². The van der Waals surface area contributed by atoms with Crippen LogP contribution in [0.3, 0.4) is 0 Å². The summed E-state index contributed by atoms with van der Waals surface area (Å²) in [5, 5.41) is 2.46. The van der Waals surface area contributed by atoms with Gasteiger partial charge in [-0.25, -0.2) is 0 Å². The first-order chi connectivity index (χ1) is 8.83. The molecule has 2 aromatic carbocycles. The van der Waals surface area contributed by atoms with E-state index in [0.717, 1.165) is 0 Å². The first kappa shape index (κ1) is 13.3. The third-order valence-corrected chi connectivity index (χ3v) is 7.88. The van der Waals surface area contributed by atoms with Crippen LogP contribution in [0.4, 0.5) is 0 Å². The van der Waals surface area contributed by atoms with Crippen LogP contribution in [-0.4, -0.2) is 20.4 Å². The van der Waals surface area contributed by atoms with E-state index in [1.165, 1.54) is 10.4 Å². The maximum Gasteiger partial charge on any atom is 0.270 e. The quantitative estimate of drug-likeness (QED) is 0.602. The van der Waals surface area contributed by atoms with Gasteiger partial charge in [-0.3, -0.25) is 0 Å². The second kappa shape index (κ2) is 6.18. The molecular weight excluding hydrogens is 260 g/mol. The van der Waals surface area contributed by atoms with Gasteiger partial charge in [-0.1, -0.05) is 60.7 Å². The van der Waals surface area contributed by atoms with Crippen molar-refractivity contribution >= 4 is 30.3 Å². The molecule has 0 aliphatic carbocycles. The first-order valence-electron chi connectivity index (χ1n) is 6.14. The van der Waals surface area contributed by atoms with Gasteiger partial charge in [0, 0.05) is 12.1 Å². The summed E-state index contributed by atoms with van der Waals surface area (Å²) in [7, 11) is -2.26. The number of halogens is 1. The smallest absolute Gasteiger partial charge is 0.270 e. The third-order valence-electron chi connectivity index (χ3n) is 3.06. The molecular formula is C15H17ClOSi. The largest absolute Gasteiger partial charge is 0.407 e. The summed E-state index contributed by atoms with van der Waals surface area (Å²) in [6, 6.07) is 20.7. The predicted octanol–water partition coefficient (Wildman–Crippen LogP) is 2.56. The maximum atomic E-state index is 6.31. The maximum absolute atomic E-state index is 6.31. The third kappa shape index (κ3) is 2.51. The highest BCUT2D eigenvalue weighted by atomic mass is 35.5. The van der Waals surface area contributed by atoms with Crippen LogP contribution in [0.5, 0.6) is 0 Å². The van der Waals surface area contributed by atoms with Crippen LogP contribution in [0.2, 0.25) is 0 Å². The Labute approximate surface area is 115 Å². The Morgan fingerprint density at radius 1 is 0.889 bits per heavy atom. The standard InChI is InChI=1S/C15H17ClOSi/c1-2-17-18(13-16,14-9-5-3-6-10-14)15-11-7-4-8-12-15/h3-12H,2,13H2,1H3. The molecule has 0 aromatic heterocycles. The predicted molar refractivity (Wildman–Crippen MR) is 80.3 cm³/mol. The summed E-state index contributed by atoms with van der Waals surface area (Å²) in [5.41, 5.74) is 0.537. The Morgan fingerprint density at radius 3 is 1.67 bits per heavy atom. The van der Waals surface area contributed by atoms with Crippen LogP contribution >= 0.6 is 11.6 Å². The zero-order chi connectivity index (χ0) is 12.8. The van der Waals surface area contributed by atoms with E-state index in [4.69, 9.17) is 16.0 Å². The lowest BCUT2D eigenvalue weighted by Crippen LogP contribution is -2.63. The van der Waals surface area contributed by atoms with E-state index in [1.54, 1.807) is 0 Å². The van der Waals surface area contributed by atoms with Crippen molar-refractivity contribution in [1.82, 2.24) is 0 Å². The van der Waals surface area contributed by atoms with Gasteiger partial charge in [-0.05, 0) is 17.3 Å². The molecule has 0 heterocycles. The molecule has 0 bridgehead atoms. The molecule has 0 unspecified atom stereocenters. The van der Waals surface area contributed by atoms with Gasteiger partial charge in [0.05, 0.1) is 0 Å². The van der Waals surface area contributed by atoms with Crippen molar-refractivity contribution < 1.29 is 4.43 Å². The van der Waals surface area contributed by atoms with E-state index in [0.29, 0.717) is 12.1 Å². The van der Waals surface area contributed by atoms with Crippen molar-refractivity contribution in [3.05, 3.63) is 60.7 Å². The SMILES string of the molecule is CCO[Si](CCl)(c1ccccc1)c1ccccc1. The monoisotopic (exact) mass is 276 g/mol.